The molecule has 6 rings (SSSR count). The standard InChI is InChI=1S/C36H54N2Si/c1-25-23-31-29(19-13-21-33(31)37(3)27-15-9-7-10-16-27)35(25)39(5,6)36-26(2)24-32-30(36)20-14-22-34(32)38(4)28-17-11-8-12-18-28/h7-12,15-18,25-26,29-36H,13-14,19-24H2,1-6H3. The second-order valence-electron chi connectivity index (χ2n) is 14.8. The highest BCUT2D eigenvalue weighted by atomic mass is 28.3. The number of nitrogens with zero attached hydrogens (tertiary/aromatic N) is 2. The quantitative estimate of drug-likeness (QED) is 0.335. The van der Waals surface area contributed by atoms with Gasteiger partial charge in [0.05, 0.1) is 8.07 Å². The molecule has 0 bridgehead atoms. The number of rotatable bonds is 6. The minimum absolute atomic E-state index is 0.718. The second kappa shape index (κ2) is 10.9. The Hall–Kier alpha value is -1.74. The fourth-order valence-electron chi connectivity index (χ4n) is 11.6. The minimum Gasteiger partial charge on any atom is -0.371 e. The summed E-state index contributed by atoms with van der Waals surface area (Å²) in [4.78, 5) is 5.33. The predicted octanol–water partition coefficient (Wildman–Crippen LogP) is 9.36. The summed E-state index contributed by atoms with van der Waals surface area (Å²) in [6, 6.07) is 23.9. The average molecular weight is 543 g/mol. The van der Waals surface area contributed by atoms with Crippen molar-refractivity contribution < 1.29 is 0 Å². The number of anilines is 2. The maximum atomic E-state index is 2.87. The molecule has 39 heavy (non-hydrogen) atoms. The van der Waals surface area contributed by atoms with Crippen molar-refractivity contribution in [1.29, 1.82) is 0 Å². The van der Waals surface area contributed by atoms with Gasteiger partial charge in [0.2, 0.25) is 0 Å². The molecule has 0 saturated heterocycles. The van der Waals surface area contributed by atoms with E-state index in [1.165, 1.54) is 62.7 Å². The maximum Gasteiger partial charge on any atom is 0.0546 e. The molecule has 2 aromatic carbocycles. The lowest BCUT2D eigenvalue weighted by atomic mass is 9.77. The predicted molar refractivity (Wildman–Crippen MR) is 171 cm³/mol. The summed E-state index contributed by atoms with van der Waals surface area (Å²) in [6.07, 6.45) is 11.5. The van der Waals surface area contributed by atoms with Crippen LogP contribution in [0.2, 0.25) is 24.2 Å². The lowest BCUT2D eigenvalue weighted by Gasteiger charge is -2.50. The van der Waals surface area contributed by atoms with Crippen LogP contribution in [0, 0.1) is 35.5 Å². The fraction of sp³-hybridized carbons (Fsp3) is 0.667. The molecule has 0 amide bonds. The van der Waals surface area contributed by atoms with E-state index in [0.29, 0.717) is 0 Å². The largest absolute Gasteiger partial charge is 0.371 e. The topological polar surface area (TPSA) is 6.48 Å². The third-order valence-electron chi connectivity index (χ3n) is 12.6. The molecule has 2 aromatic rings. The molecule has 10 unspecified atom stereocenters. The Morgan fingerprint density at radius 1 is 0.564 bits per heavy atom. The van der Waals surface area contributed by atoms with Crippen LogP contribution < -0.4 is 9.80 Å². The Labute approximate surface area is 240 Å². The first-order chi connectivity index (χ1) is 18.8. The van der Waals surface area contributed by atoms with E-state index in [1.54, 1.807) is 0 Å². The minimum atomic E-state index is -1.50. The molecule has 2 nitrogen and oxygen atoms in total. The van der Waals surface area contributed by atoms with E-state index in [0.717, 1.165) is 58.7 Å². The van der Waals surface area contributed by atoms with Crippen molar-refractivity contribution in [2.75, 3.05) is 23.9 Å². The maximum absolute atomic E-state index is 2.87. The van der Waals surface area contributed by atoms with E-state index in [-0.39, 0.29) is 0 Å². The zero-order chi connectivity index (χ0) is 27.3. The van der Waals surface area contributed by atoms with Crippen LogP contribution in [-0.2, 0) is 0 Å². The molecule has 10 atom stereocenters. The van der Waals surface area contributed by atoms with E-state index in [2.05, 4.69) is 112 Å². The Kier molecular flexibility index (Phi) is 7.68. The number of hydrogen-bond acceptors (Lipinski definition) is 2. The highest BCUT2D eigenvalue weighted by molar-refractivity contribution is 6.80. The van der Waals surface area contributed by atoms with Crippen molar-refractivity contribution in [3.8, 4) is 0 Å². The van der Waals surface area contributed by atoms with Crippen LogP contribution in [-0.4, -0.2) is 34.3 Å². The van der Waals surface area contributed by atoms with Gasteiger partial charge >= 0.3 is 0 Å². The van der Waals surface area contributed by atoms with Gasteiger partial charge in [-0.1, -0.05) is 89.0 Å². The SMILES string of the molecule is CC1CC2C(CCCC2N(C)c2ccccc2)C1[Si](C)(C)C1C(C)CC2C1CCCC2N(C)c1ccccc1. The normalized spacial score (nSPS) is 38.2. The van der Waals surface area contributed by atoms with Crippen molar-refractivity contribution in [3.63, 3.8) is 0 Å². The zero-order valence-corrected chi connectivity index (χ0v) is 26.6. The van der Waals surface area contributed by atoms with Gasteiger partial charge in [0.25, 0.3) is 0 Å². The molecule has 4 fully saturated rings. The lowest BCUT2D eigenvalue weighted by Crippen LogP contribution is -2.50. The highest BCUT2D eigenvalue weighted by Gasteiger charge is 2.60. The molecule has 0 spiro atoms. The van der Waals surface area contributed by atoms with Gasteiger partial charge in [-0.25, -0.2) is 0 Å². The molecule has 0 N–H and O–H groups in total. The van der Waals surface area contributed by atoms with E-state index in [9.17, 15) is 0 Å². The number of benzene rings is 2. The lowest BCUT2D eigenvalue weighted by molar-refractivity contribution is 0.223. The monoisotopic (exact) mass is 542 g/mol. The Bertz CT molecular complexity index is 1000. The first kappa shape index (κ1) is 27.4. The van der Waals surface area contributed by atoms with Crippen LogP contribution in [0.25, 0.3) is 0 Å². The molecule has 4 aliphatic rings. The molecule has 0 aliphatic heterocycles. The van der Waals surface area contributed by atoms with Crippen LogP contribution in [0.4, 0.5) is 11.4 Å². The first-order valence-corrected chi connectivity index (χ1v) is 19.5. The summed E-state index contributed by atoms with van der Waals surface area (Å²) >= 11 is 0. The Balaban J connectivity index is 1.24. The van der Waals surface area contributed by atoms with Crippen LogP contribution in [0.15, 0.2) is 60.7 Å². The fourth-order valence-corrected chi connectivity index (χ4v) is 18.3. The second-order valence-corrected chi connectivity index (χ2v) is 19.8. The molecule has 212 valence electrons. The summed E-state index contributed by atoms with van der Waals surface area (Å²) in [5.41, 5.74) is 4.82. The van der Waals surface area contributed by atoms with E-state index in [1.807, 2.05) is 0 Å². The van der Waals surface area contributed by atoms with Gasteiger partial charge in [0, 0.05) is 37.6 Å². The molecule has 4 aliphatic carbocycles. The molecule has 0 radical (unpaired) electrons. The van der Waals surface area contributed by atoms with Crippen LogP contribution in [0.5, 0.6) is 0 Å². The summed E-state index contributed by atoms with van der Waals surface area (Å²) < 4.78 is 0. The van der Waals surface area contributed by atoms with E-state index >= 15 is 0 Å². The summed E-state index contributed by atoms with van der Waals surface area (Å²) in [5, 5.41) is 0. The Morgan fingerprint density at radius 3 is 1.33 bits per heavy atom. The van der Waals surface area contributed by atoms with Crippen LogP contribution >= 0.6 is 0 Å². The highest BCUT2D eigenvalue weighted by Crippen LogP contribution is 2.65. The van der Waals surface area contributed by atoms with Gasteiger partial charge in [-0.05, 0) is 96.5 Å². The van der Waals surface area contributed by atoms with Gasteiger partial charge in [-0.3, -0.25) is 0 Å². The third kappa shape index (κ3) is 4.79. The number of para-hydroxylation sites is 2. The van der Waals surface area contributed by atoms with Crippen LogP contribution in [0.1, 0.15) is 65.2 Å². The first-order valence-electron chi connectivity index (χ1n) is 16.3. The van der Waals surface area contributed by atoms with Gasteiger partial charge in [-0.15, -0.1) is 0 Å². The van der Waals surface area contributed by atoms with Gasteiger partial charge in [-0.2, -0.15) is 0 Å². The Morgan fingerprint density at radius 2 is 0.949 bits per heavy atom. The number of hydrogen-bond donors (Lipinski definition) is 0. The summed E-state index contributed by atoms with van der Waals surface area (Å²) in [5.74, 6) is 5.44. The van der Waals surface area contributed by atoms with Gasteiger partial charge in [0.1, 0.15) is 0 Å². The van der Waals surface area contributed by atoms with Crippen molar-refractivity contribution >= 4 is 19.4 Å². The van der Waals surface area contributed by atoms with Crippen molar-refractivity contribution in [2.45, 2.75) is 101 Å². The molecular weight excluding hydrogens is 488 g/mol. The molecular formula is C36H54N2Si. The third-order valence-corrected chi connectivity index (χ3v) is 18.1. The summed E-state index contributed by atoms with van der Waals surface area (Å²) in [7, 11) is 3.27. The van der Waals surface area contributed by atoms with Gasteiger partial charge < -0.3 is 9.80 Å². The van der Waals surface area contributed by atoms with Gasteiger partial charge in [0.15, 0.2) is 0 Å². The zero-order valence-electron chi connectivity index (χ0n) is 25.6. The smallest absolute Gasteiger partial charge is 0.0546 e. The van der Waals surface area contributed by atoms with Crippen molar-refractivity contribution in [2.24, 2.45) is 35.5 Å². The average Bonchev–Trinajstić information content (AvgIpc) is 3.49. The molecule has 0 aromatic heterocycles. The molecule has 3 heteroatoms. The van der Waals surface area contributed by atoms with Crippen molar-refractivity contribution in [3.05, 3.63) is 60.7 Å². The van der Waals surface area contributed by atoms with Crippen LogP contribution in [0.3, 0.4) is 0 Å². The molecule has 4 saturated carbocycles. The summed E-state index contributed by atoms with van der Waals surface area (Å²) in [6.45, 7) is 11.1. The van der Waals surface area contributed by atoms with E-state index in [4.69, 9.17) is 0 Å². The number of fused-ring (bicyclic) bond motifs is 2. The molecule has 0 heterocycles. The van der Waals surface area contributed by atoms with E-state index < -0.39 is 8.07 Å². The van der Waals surface area contributed by atoms with Crippen molar-refractivity contribution in [1.82, 2.24) is 0 Å².